The Hall–Kier alpha value is -3.05. The van der Waals surface area contributed by atoms with Crippen molar-refractivity contribution in [3.8, 4) is 11.4 Å². The van der Waals surface area contributed by atoms with Crippen molar-refractivity contribution in [1.82, 2.24) is 20.2 Å². The second kappa shape index (κ2) is 9.43. The van der Waals surface area contributed by atoms with E-state index in [4.69, 9.17) is 0 Å². The van der Waals surface area contributed by atoms with Gasteiger partial charge in [-0.1, -0.05) is 52.0 Å². The normalized spacial score (nSPS) is 11.0. The summed E-state index contributed by atoms with van der Waals surface area (Å²) in [5.41, 5.74) is 3.86. The smallest absolute Gasteiger partial charge is 0.270 e. The number of hydrogen-bond donors (Lipinski definition) is 1. The number of nitro groups is 1. The molecule has 1 heterocycles. The number of nitrogens with one attached hydrogen (secondary N) is 1. The van der Waals surface area contributed by atoms with Gasteiger partial charge in [-0.3, -0.25) is 14.9 Å². The number of hydrogen-bond acceptors (Lipinski definition) is 7. The third kappa shape index (κ3) is 5.48. The summed E-state index contributed by atoms with van der Waals surface area (Å²) >= 11 is 4.56. The number of benzene rings is 2. The molecular weight excluding hydrogens is 460 g/mol. The average molecular weight is 475 g/mol. The maximum atomic E-state index is 12.0. The predicted molar refractivity (Wildman–Crippen MR) is 114 cm³/mol. The highest BCUT2D eigenvalue weighted by Gasteiger charge is 2.15. The third-order valence-electron chi connectivity index (χ3n) is 3.73. The van der Waals surface area contributed by atoms with E-state index in [0.717, 1.165) is 10.0 Å². The van der Waals surface area contributed by atoms with Crippen molar-refractivity contribution in [2.24, 2.45) is 12.1 Å². The van der Waals surface area contributed by atoms with E-state index >= 15 is 0 Å². The van der Waals surface area contributed by atoms with Gasteiger partial charge in [0.2, 0.25) is 0 Å². The lowest BCUT2D eigenvalue weighted by atomic mass is 10.2. The molecule has 1 N–H and O–H groups in total. The van der Waals surface area contributed by atoms with E-state index in [1.807, 2.05) is 24.3 Å². The van der Waals surface area contributed by atoms with Crippen LogP contribution in [0.25, 0.3) is 11.4 Å². The summed E-state index contributed by atoms with van der Waals surface area (Å²) in [6.07, 6.45) is 1.55. The fraction of sp³-hybridized carbons (Fsp3) is 0.111. The van der Waals surface area contributed by atoms with Gasteiger partial charge in [-0.25, -0.2) is 5.43 Å². The van der Waals surface area contributed by atoms with E-state index in [-0.39, 0.29) is 17.3 Å². The molecule has 0 aliphatic carbocycles. The van der Waals surface area contributed by atoms with Gasteiger partial charge < -0.3 is 4.57 Å². The van der Waals surface area contributed by atoms with Crippen molar-refractivity contribution in [1.29, 1.82) is 0 Å². The Bertz CT molecular complexity index is 1080. The van der Waals surface area contributed by atoms with Gasteiger partial charge in [0.1, 0.15) is 0 Å². The molecule has 2 aromatic carbocycles. The van der Waals surface area contributed by atoms with Crippen molar-refractivity contribution < 1.29 is 9.72 Å². The number of halogens is 1. The quantitative estimate of drug-likeness (QED) is 0.243. The minimum atomic E-state index is -0.464. The highest BCUT2D eigenvalue weighted by molar-refractivity contribution is 9.10. The SMILES string of the molecule is Cn1c(SCC(=O)N/N=C\c2cccc(Br)c2)nnc1-c1cccc([N+](=O)[O-])c1. The molecule has 0 unspecified atom stereocenters. The first-order chi connectivity index (χ1) is 13.9. The molecule has 1 amide bonds. The number of carbonyl (C=O) groups is 1. The predicted octanol–water partition coefficient (Wildman–Crippen LogP) is 3.40. The molecule has 0 atom stereocenters. The topological polar surface area (TPSA) is 115 Å². The standard InChI is InChI=1S/C18H15BrN6O3S/c1-24-17(13-5-3-7-15(9-13)25(27)28)22-23-18(24)29-11-16(26)21-20-10-12-4-2-6-14(19)8-12/h2-10H,11H2,1H3,(H,21,26)/b20-10-. The number of nitrogens with zero attached hydrogens (tertiary/aromatic N) is 5. The number of nitro benzene ring substituents is 1. The summed E-state index contributed by atoms with van der Waals surface area (Å²) in [7, 11) is 1.74. The number of amides is 1. The summed E-state index contributed by atoms with van der Waals surface area (Å²) in [6.45, 7) is 0. The van der Waals surface area contributed by atoms with Gasteiger partial charge in [-0.2, -0.15) is 5.10 Å². The van der Waals surface area contributed by atoms with Crippen molar-refractivity contribution >= 4 is 45.5 Å². The second-order valence-electron chi connectivity index (χ2n) is 5.81. The first kappa shape index (κ1) is 20.7. The molecule has 0 fully saturated rings. The van der Waals surface area contributed by atoms with E-state index in [0.29, 0.717) is 16.5 Å². The minimum absolute atomic E-state index is 0.0256. The number of thioether (sulfide) groups is 1. The third-order valence-corrected chi connectivity index (χ3v) is 5.25. The number of hydrazone groups is 1. The Balaban J connectivity index is 1.59. The van der Waals surface area contributed by atoms with E-state index in [2.05, 4.69) is 36.7 Å². The maximum absolute atomic E-state index is 12.0. The van der Waals surface area contributed by atoms with Crippen LogP contribution in [0.4, 0.5) is 5.69 Å². The Morgan fingerprint density at radius 2 is 2.10 bits per heavy atom. The Morgan fingerprint density at radius 1 is 1.31 bits per heavy atom. The molecule has 0 radical (unpaired) electrons. The Labute approximate surface area is 178 Å². The molecule has 29 heavy (non-hydrogen) atoms. The Morgan fingerprint density at radius 3 is 2.86 bits per heavy atom. The largest absolute Gasteiger partial charge is 0.305 e. The van der Waals surface area contributed by atoms with Crippen LogP contribution in [0.15, 0.2) is 63.3 Å². The van der Waals surface area contributed by atoms with Crippen LogP contribution < -0.4 is 5.43 Å². The molecule has 1 aromatic heterocycles. The zero-order valence-electron chi connectivity index (χ0n) is 15.2. The van der Waals surface area contributed by atoms with E-state index < -0.39 is 4.92 Å². The second-order valence-corrected chi connectivity index (χ2v) is 7.67. The highest BCUT2D eigenvalue weighted by Crippen LogP contribution is 2.25. The van der Waals surface area contributed by atoms with Crippen molar-refractivity contribution in [3.63, 3.8) is 0 Å². The summed E-state index contributed by atoms with van der Waals surface area (Å²) < 4.78 is 2.60. The maximum Gasteiger partial charge on any atom is 0.270 e. The molecule has 0 saturated carbocycles. The van der Waals surface area contributed by atoms with Gasteiger partial charge >= 0.3 is 0 Å². The molecule has 3 aromatic rings. The molecule has 3 rings (SSSR count). The van der Waals surface area contributed by atoms with Crippen LogP contribution in [0.2, 0.25) is 0 Å². The Kier molecular flexibility index (Phi) is 6.73. The number of aromatic nitrogens is 3. The number of rotatable bonds is 7. The summed E-state index contributed by atoms with van der Waals surface area (Å²) in [5, 5.41) is 23.5. The lowest BCUT2D eigenvalue weighted by Gasteiger charge is -2.04. The molecule has 0 aliphatic rings. The zero-order valence-corrected chi connectivity index (χ0v) is 17.6. The minimum Gasteiger partial charge on any atom is -0.305 e. The van der Waals surface area contributed by atoms with Gasteiger partial charge in [0.05, 0.1) is 16.9 Å². The van der Waals surface area contributed by atoms with Crippen LogP contribution in [0, 0.1) is 10.1 Å². The average Bonchev–Trinajstić information content (AvgIpc) is 3.07. The summed E-state index contributed by atoms with van der Waals surface area (Å²) in [4.78, 5) is 22.5. The molecule has 0 aliphatic heterocycles. The fourth-order valence-corrected chi connectivity index (χ4v) is 3.50. The molecular formula is C18H15BrN6O3S. The number of non-ortho nitro benzene ring substituents is 1. The fourth-order valence-electron chi connectivity index (χ4n) is 2.38. The van der Waals surface area contributed by atoms with Gasteiger partial charge in [0.15, 0.2) is 11.0 Å². The van der Waals surface area contributed by atoms with Gasteiger partial charge in [0, 0.05) is 29.2 Å². The van der Waals surface area contributed by atoms with Crippen LogP contribution in [-0.2, 0) is 11.8 Å². The highest BCUT2D eigenvalue weighted by atomic mass is 79.9. The lowest BCUT2D eigenvalue weighted by molar-refractivity contribution is -0.384. The van der Waals surface area contributed by atoms with E-state index in [1.165, 1.54) is 23.9 Å². The number of carbonyl (C=O) groups excluding carboxylic acids is 1. The van der Waals surface area contributed by atoms with Crippen LogP contribution >= 0.6 is 27.7 Å². The van der Waals surface area contributed by atoms with E-state index in [9.17, 15) is 14.9 Å². The zero-order chi connectivity index (χ0) is 20.8. The van der Waals surface area contributed by atoms with Crippen molar-refractivity contribution in [2.45, 2.75) is 5.16 Å². The van der Waals surface area contributed by atoms with E-state index in [1.54, 1.807) is 30.0 Å². The van der Waals surface area contributed by atoms with Gasteiger partial charge in [-0.05, 0) is 17.7 Å². The first-order valence-corrected chi connectivity index (χ1v) is 10.1. The van der Waals surface area contributed by atoms with Crippen molar-refractivity contribution in [2.75, 3.05) is 5.75 Å². The summed E-state index contributed by atoms with van der Waals surface area (Å²) in [6, 6.07) is 13.7. The first-order valence-electron chi connectivity index (χ1n) is 8.28. The molecule has 11 heteroatoms. The van der Waals surface area contributed by atoms with Gasteiger partial charge in [0.25, 0.3) is 11.6 Å². The van der Waals surface area contributed by atoms with Gasteiger partial charge in [-0.15, -0.1) is 10.2 Å². The van der Waals surface area contributed by atoms with Crippen LogP contribution in [0.5, 0.6) is 0 Å². The van der Waals surface area contributed by atoms with Crippen LogP contribution in [0.1, 0.15) is 5.56 Å². The van der Waals surface area contributed by atoms with Crippen LogP contribution in [-0.4, -0.2) is 37.6 Å². The van der Waals surface area contributed by atoms with Crippen molar-refractivity contribution in [3.05, 3.63) is 68.7 Å². The monoisotopic (exact) mass is 474 g/mol. The summed E-state index contributed by atoms with van der Waals surface area (Å²) in [5.74, 6) is 0.280. The molecule has 9 nitrogen and oxygen atoms in total. The molecule has 0 bridgehead atoms. The van der Waals surface area contributed by atoms with Crippen LogP contribution in [0.3, 0.4) is 0 Å². The lowest BCUT2D eigenvalue weighted by Crippen LogP contribution is -2.19. The molecule has 148 valence electrons. The molecule has 0 spiro atoms. The molecule has 0 saturated heterocycles.